The van der Waals surface area contributed by atoms with Gasteiger partial charge in [0, 0.05) is 11.6 Å². The van der Waals surface area contributed by atoms with E-state index in [1.54, 1.807) is 0 Å². The van der Waals surface area contributed by atoms with Crippen LogP contribution >= 0.6 is 0 Å². The zero-order valence-corrected chi connectivity index (χ0v) is 17.6. The number of fused-ring (bicyclic) bond motifs is 1. The molecule has 0 bridgehead atoms. The second-order valence-electron chi connectivity index (χ2n) is 9.33. The van der Waals surface area contributed by atoms with Crippen LogP contribution in [0.3, 0.4) is 0 Å². The van der Waals surface area contributed by atoms with E-state index in [0.29, 0.717) is 5.92 Å². The SMILES string of the molecule is B(c1nc2ccc(C3CCCCCCCCC3)nc2o1)C1CCCCCCC1. The molecule has 0 radical (unpaired) electrons. The maximum Gasteiger partial charge on any atom is 0.246 e. The first-order valence-corrected chi connectivity index (χ1v) is 12.1. The van der Waals surface area contributed by atoms with Gasteiger partial charge in [-0.3, -0.25) is 0 Å². The third kappa shape index (κ3) is 5.61. The van der Waals surface area contributed by atoms with Gasteiger partial charge in [-0.2, -0.15) is 0 Å². The summed E-state index contributed by atoms with van der Waals surface area (Å²) in [5.41, 5.74) is 2.96. The molecule has 4 heteroatoms. The van der Waals surface area contributed by atoms with Crippen molar-refractivity contribution in [2.45, 2.75) is 114 Å². The van der Waals surface area contributed by atoms with Gasteiger partial charge in [-0.05, 0) is 25.0 Å². The highest BCUT2D eigenvalue weighted by atomic mass is 16.4. The van der Waals surface area contributed by atoms with Crippen LogP contribution in [0.2, 0.25) is 5.82 Å². The Hall–Kier alpha value is -1.32. The van der Waals surface area contributed by atoms with Crippen LogP contribution in [0.4, 0.5) is 0 Å². The van der Waals surface area contributed by atoms with E-state index in [0.717, 1.165) is 30.1 Å². The van der Waals surface area contributed by atoms with Crippen molar-refractivity contribution < 1.29 is 4.42 Å². The molecule has 0 aromatic carbocycles. The van der Waals surface area contributed by atoms with Gasteiger partial charge >= 0.3 is 0 Å². The van der Waals surface area contributed by atoms with Crippen molar-refractivity contribution in [1.82, 2.24) is 9.97 Å². The fraction of sp³-hybridized carbons (Fsp3) is 0.750. The number of hydrogen-bond donors (Lipinski definition) is 0. The summed E-state index contributed by atoms with van der Waals surface area (Å²) in [5.74, 6) is 2.25. The third-order valence-corrected chi connectivity index (χ3v) is 7.03. The van der Waals surface area contributed by atoms with Crippen molar-refractivity contribution in [3.8, 4) is 0 Å². The molecule has 2 saturated carbocycles. The summed E-state index contributed by atoms with van der Waals surface area (Å²) in [5, 5.41) is 0. The third-order valence-electron chi connectivity index (χ3n) is 7.03. The predicted octanol–water partition coefficient (Wildman–Crippen LogP) is 6.43. The van der Waals surface area contributed by atoms with Crippen molar-refractivity contribution in [3.63, 3.8) is 0 Å². The van der Waals surface area contributed by atoms with Gasteiger partial charge in [0.1, 0.15) is 11.3 Å². The highest BCUT2D eigenvalue weighted by Gasteiger charge is 2.20. The second-order valence-corrected chi connectivity index (χ2v) is 9.33. The van der Waals surface area contributed by atoms with Crippen molar-refractivity contribution >= 4 is 24.3 Å². The molecule has 0 aliphatic heterocycles. The Morgan fingerprint density at radius 2 is 1.25 bits per heavy atom. The molecule has 0 spiro atoms. The van der Waals surface area contributed by atoms with Crippen LogP contribution in [0.25, 0.3) is 11.2 Å². The number of pyridine rings is 1. The summed E-state index contributed by atoms with van der Waals surface area (Å²) in [7, 11) is 0.995. The summed E-state index contributed by atoms with van der Waals surface area (Å²) >= 11 is 0. The van der Waals surface area contributed by atoms with Gasteiger partial charge in [-0.1, -0.05) is 95.7 Å². The quantitative estimate of drug-likeness (QED) is 0.576. The molecule has 2 aliphatic rings. The lowest BCUT2D eigenvalue weighted by atomic mass is 9.60. The average Bonchev–Trinajstić information content (AvgIpc) is 3.09. The Morgan fingerprint density at radius 1 is 0.679 bits per heavy atom. The minimum atomic E-state index is 0.599. The predicted molar refractivity (Wildman–Crippen MR) is 119 cm³/mol. The van der Waals surface area contributed by atoms with Crippen molar-refractivity contribution in [1.29, 1.82) is 0 Å². The van der Waals surface area contributed by atoms with Crippen LogP contribution in [-0.4, -0.2) is 17.2 Å². The second kappa shape index (κ2) is 10.5. The van der Waals surface area contributed by atoms with E-state index in [1.165, 1.54) is 108 Å². The number of nitrogens with zero attached hydrogens (tertiary/aromatic N) is 2. The van der Waals surface area contributed by atoms with Crippen LogP contribution in [-0.2, 0) is 0 Å². The number of hydrogen-bond acceptors (Lipinski definition) is 3. The topological polar surface area (TPSA) is 38.9 Å². The molecule has 4 rings (SSSR count). The zero-order chi connectivity index (χ0) is 19.0. The lowest BCUT2D eigenvalue weighted by Crippen LogP contribution is -2.21. The van der Waals surface area contributed by atoms with Crippen LogP contribution in [0, 0.1) is 0 Å². The summed E-state index contributed by atoms with van der Waals surface area (Å²) in [6.45, 7) is 0. The average molecular weight is 380 g/mol. The van der Waals surface area contributed by atoms with E-state index in [9.17, 15) is 0 Å². The largest absolute Gasteiger partial charge is 0.433 e. The fourth-order valence-electron chi connectivity index (χ4n) is 5.29. The molecular formula is C24H37BN2O. The molecule has 2 heterocycles. The molecule has 2 aliphatic carbocycles. The minimum Gasteiger partial charge on any atom is -0.433 e. The number of aromatic nitrogens is 2. The Morgan fingerprint density at radius 3 is 1.89 bits per heavy atom. The Bertz CT molecular complexity index is 710. The van der Waals surface area contributed by atoms with Crippen molar-refractivity contribution in [2.24, 2.45) is 0 Å². The maximum atomic E-state index is 6.15. The first-order chi connectivity index (χ1) is 13.9. The summed E-state index contributed by atoms with van der Waals surface area (Å²) in [6.07, 6.45) is 21.9. The smallest absolute Gasteiger partial charge is 0.246 e. The van der Waals surface area contributed by atoms with E-state index < -0.39 is 0 Å². The molecule has 28 heavy (non-hydrogen) atoms. The highest BCUT2D eigenvalue weighted by Crippen LogP contribution is 2.30. The van der Waals surface area contributed by atoms with E-state index in [1.807, 2.05) is 0 Å². The molecule has 0 amide bonds. The van der Waals surface area contributed by atoms with Crippen molar-refractivity contribution in [2.75, 3.05) is 0 Å². The zero-order valence-electron chi connectivity index (χ0n) is 17.6. The van der Waals surface area contributed by atoms with Gasteiger partial charge in [-0.25, -0.2) is 9.97 Å². The lowest BCUT2D eigenvalue weighted by Gasteiger charge is -2.17. The molecule has 0 N–H and O–H groups in total. The van der Waals surface area contributed by atoms with Gasteiger partial charge in [0.2, 0.25) is 13.0 Å². The molecule has 2 aromatic heterocycles. The van der Waals surface area contributed by atoms with E-state index in [-0.39, 0.29) is 0 Å². The Labute approximate surface area is 171 Å². The van der Waals surface area contributed by atoms with E-state index in [4.69, 9.17) is 14.4 Å². The van der Waals surface area contributed by atoms with Crippen LogP contribution in [0.15, 0.2) is 16.5 Å². The van der Waals surface area contributed by atoms with Crippen LogP contribution < -0.4 is 5.79 Å². The number of oxazole rings is 1. The Kier molecular flexibility index (Phi) is 7.46. The van der Waals surface area contributed by atoms with Gasteiger partial charge in [0.25, 0.3) is 0 Å². The molecule has 0 atom stereocenters. The molecule has 0 saturated heterocycles. The van der Waals surface area contributed by atoms with Gasteiger partial charge in [0.05, 0.1) is 0 Å². The Balaban J connectivity index is 1.44. The molecule has 0 unspecified atom stereocenters. The van der Waals surface area contributed by atoms with Gasteiger partial charge in [-0.15, -0.1) is 0 Å². The van der Waals surface area contributed by atoms with Crippen LogP contribution in [0.1, 0.15) is 114 Å². The summed E-state index contributed by atoms with van der Waals surface area (Å²) in [6, 6.07) is 4.38. The molecule has 152 valence electrons. The van der Waals surface area contributed by atoms with Gasteiger partial charge in [0.15, 0.2) is 0 Å². The van der Waals surface area contributed by atoms with E-state index >= 15 is 0 Å². The monoisotopic (exact) mass is 380 g/mol. The minimum absolute atomic E-state index is 0.599. The standard InChI is InChI=1S/C24H37BN2O/c1-2-5-9-13-19(14-10-6-3-1)21-17-18-22-23(26-21)28-24(27-22)25-20-15-11-7-4-8-12-16-20/h17-20,25H,1-16H2. The normalized spacial score (nSPS) is 21.9. The molecule has 2 fully saturated rings. The van der Waals surface area contributed by atoms with E-state index in [2.05, 4.69) is 12.1 Å². The molecule has 2 aromatic rings. The van der Waals surface area contributed by atoms with Crippen LogP contribution in [0.5, 0.6) is 0 Å². The lowest BCUT2D eigenvalue weighted by molar-refractivity contribution is 0.456. The summed E-state index contributed by atoms with van der Waals surface area (Å²) in [4.78, 5) is 9.72. The molecule has 3 nitrogen and oxygen atoms in total. The summed E-state index contributed by atoms with van der Waals surface area (Å²) < 4.78 is 6.15. The van der Waals surface area contributed by atoms with Crippen molar-refractivity contribution in [3.05, 3.63) is 17.8 Å². The van der Waals surface area contributed by atoms with Gasteiger partial charge < -0.3 is 4.42 Å². The molecular weight excluding hydrogens is 343 g/mol. The highest BCUT2D eigenvalue weighted by molar-refractivity contribution is 6.52. The first kappa shape index (κ1) is 20.0. The first-order valence-electron chi connectivity index (χ1n) is 12.1. The fourth-order valence-corrected chi connectivity index (χ4v) is 5.29. The maximum absolute atomic E-state index is 6.15. The number of rotatable bonds is 3.